The van der Waals surface area contributed by atoms with Crippen LogP contribution in [0.2, 0.25) is 0 Å². The van der Waals surface area contributed by atoms with Crippen LogP contribution < -0.4 is 10.1 Å². The molecular weight excluding hydrogens is 418 g/mol. The molecule has 2 heterocycles. The molecule has 1 N–H and O–H groups in total. The molecule has 3 atom stereocenters. The minimum Gasteiger partial charge on any atom is -0.489 e. The van der Waals surface area contributed by atoms with E-state index in [2.05, 4.69) is 20.3 Å². The summed E-state index contributed by atoms with van der Waals surface area (Å²) in [6.45, 7) is 2.22. The molecule has 2 aromatic heterocycles. The van der Waals surface area contributed by atoms with Gasteiger partial charge in [-0.25, -0.2) is 23.7 Å². The number of anilines is 1. The van der Waals surface area contributed by atoms with Crippen LogP contribution in [0.15, 0.2) is 48.6 Å². The Balaban J connectivity index is 1.53. The summed E-state index contributed by atoms with van der Waals surface area (Å²) >= 11 is 0. The second kappa shape index (κ2) is 9.12. The second-order valence-corrected chi connectivity index (χ2v) is 8.10. The van der Waals surface area contributed by atoms with Gasteiger partial charge in [0.15, 0.2) is 5.75 Å². The average molecular weight is 442 g/mol. The number of nitrogens with one attached hydrogen (secondary N) is 1. The molecule has 1 saturated carbocycles. The van der Waals surface area contributed by atoms with E-state index < -0.39 is 17.2 Å². The van der Waals surface area contributed by atoms with E-state index in [-0.39, 0.29) is 43.1 Å². The third kappa shape index (κ3) is 4.67. The molecule has 7 nitrogen and oxygen atoms in total. The number of aromatic nitrogens is 3. The Labute approximate surface area is 184 Å². The van der Waals surface area contributed by atoms with E-state index in [4.69, 9.17) is 9.47 Å². The molecule has 0 spiro atoms. The first-order valence-electron chi connectivity index (χ1n) is 10.3. The Hall–Kier alpha value is -3.20. The highest BCUT2D eigenvalue weighted by Gasteiger charge is 2.62. The fourth-order valence-corrected chi connectivity index (χ4v) is 4.13. The number of allylic oxidation sites excluding steroid dienone is 4. The first-order chi connectivity index (χ1) is 15.4. The fraction of sp³-hybridized carbons (Fsp3) is 0.391. The second-order valence-electron chi connectivity index (χ2n) is 8.10. The quantitative estimate of drug-likeness (QED) is 0.667. The monoisotopic (exact) mass is 442 g/mol. The molecule has 168 valence electrons. The fourth-order valence-electron chi connectivity index (χ4n) is 4.13. The van der Waals surface area contributed by atoms with Crippen LogP contribution >= 0.6 is 0 Å². The molecule has 0 radical (unpaired) electrons. The van der Waals surface area contributed by atoms with E-state index in [1.165, 1.54) is 18.2 Å². The van der Waals surface area contributed by atoms with Crippen molar-refractivity contribution >= 4 is 11.7 Å². The Morgan fingerprint density at radius 1 is 1.28 bits per heavy atom. The zero-order valence-electron chi connectivity index (χ0n) is 17.8. The minimum absolute atomic E-state index is 0.188. The number of carbonyl (C=O) groups excluding carboxylic acids is 1. The number of hydrogen-bond acceptors (Lipinski definition) is 6. The number of nitrogens with zero attached hydrogens (tertiary/aromatic N) is 3. The summed E-state index contributed by atoms with van der Waals surface area (Å²) in [6.07, 6.45) is 8.36. The Morgan fingerprint density at radius 3 is 2.84 bits per heavy atom. The van der Waals surface area contributed by atoms with Crippen LogP contribution in [0.1, 0.15) is 24.4 Å². The van der Waals surface area contributed by atoms with Crippen LogP contribution in [0.25, 0.3) is 0 Å². The van der Waals surface area contributed by atoms with Gasteiger partial charge in [-0.3, -0.25) is 4.79 Å². The maximum atomic E-state index is 14.1. The standard InChI is InChI=1S/C23H24F2N4O3/c1-14-26-11-20(19(28-14)12-31-2)32-13-23(15-4-3-5-16(24)8-15)9-18(23)22(30)29-21-7-6-17(25)10-27-21/h3-7,10-11,15,18H,8-9,12-13H2,1-2H3,(H,27,29,30)/t15?,18-,23+/m0/s1. The van der Waals surface area contributed by atoms with Crippen LogP contribution in [0, 0.1) is 30.0 Å². The van der Waals surface area contributed by atoms with Gasteiger partial charge in [0.05, 0.1) is 25.6 Å². The van der Waals surface area contributed by atoms with Crippen LogP contribution in [-0.2, 0) is 16.1 Å². The van der Waals surface area contributed by atoms with Crippen molar-refractivity contribution in [3.8, 4) is 5.75 Å². The summed E-state index contributed by atoms with van der Waals surface area (Å²) in [7, 11) is 1.56. The SMILES string of the molecule is COCc1nc(C)ncc1OC[C@@]1(C2C=CC=C(F)C2)C[C@H]1C(=O)Nc1ccc(F)cn1. The van der Waals surface area contributed by atoms with Crippen molar-refractivity contribution in [2.24, 2.45) is 17.3 Å². The van der Waals surface area contributed by atoms with Crippen molar-refractivity contribution in [1.82, 2.24) is 15.0 Å². The molecule has 1 amide bonds. The third-order valence-corrected chi connectivity index (χ3v) is 5.91. The van der Waals surface area contributed by atoms with E-state index in [1.54, 1.807) is 26.3 Å². The zero-order chi connectivity index (χ0) is 22.7. The molecule has 9 heteroatoms. The molecule has 2 aliphatic rings. The summed E-state index contributed by atoms with van der Waals surface area (Å²) < 4.78 is 38.5. The molecule has 32 heavy (non-hydrogen) atoms. The topological polar surface area (TPSA) is 86.2 Å². The van der Waals surface area contributed by atoms with Gasteiger partial charge in [-0.15, -0.1) is 0 Å². The molecule has 2 aliphatic carbocycles. The van der Waals surface area contributed by atoms with Crippen molar-refractivity contribution in [2.45, 2.75) is 26.4 Å². The van der Waals surface area contributed by atoms with Crippen LogP contribution in [0.3, 0.4) is 0 Å². The molecule has 0 aliphatic heterocycles. The lowest BCUT2D eigenvalue weighted by atomic mass is 9.82. The lowest BCUT2D eigenvalue weighted by molar-refractivity contribution is -0.118. The van der Waals surface area contributed by atoms with Crippen LogP contribution in [0.5, 0.6) is 5.75 Å². The van der Waals surface area contributed by atoms with Crippen molar-refractivity contribution in [2.75, 3.05) is 19.0 Å². The lowest BCUT2D eigenvalue weighted by Gasteiger charge is -2.27. The summed E-state index contributed by atoms with van der Waals surface area (Å²) in [4.78, 5) is 25.4. The Kier molecular flexibility index (Phi) is 6.27. The molecule has 4 rings (SSSR count). The predicted molar refractivity (Wildman–Crippen MR) is 113 cm³/mol. The normalized spacial score (nSPS) is 24.1. The highest BCUT2D eigenvalue weighted by molar-refractivity contribution is 5.94. The highest BCUT2D eigenvalue weighted by Crippen LogP contribution is 2.60. The summed E-state index contributed by atoms with van der Waals surface area (Å²) in [5.41, 5.74) is 0.0131. The first-order valence-corrected chi connectivity index (χ1v) is 10.3. The van der Waals surface area contributed by atoms with Gasteiger partial charge in [0.2, 0.25) is 5.91 Å². The number of hydrogen-bond donors (Lipinski definition) is 1. The van der Waals surface area contributed by atoms with Gasteiger partial charge in [0.1, 0.15) is 29.0 Å². The van der Waals surface area contributed by atoms with Crippen LogP contribution in [0.4, 0.5) is 14.6 Å². The number of amides is 1. The van der Waals surface area contributed by atoms with Gasteiger partial charge in [-0.05, 0) is 37.5 Å². The minimum atomic E-state index is -0.596. The largest absolute Gasteiger partial charge is 0.489 e. The van der Waals surface area contributed by atoms with E-state index in [9.17, 15) is 13.6 Å². The lowest BCUT2D eigenvalue weighted by Crippen LogP contribution is -2.30. The van der Waals surface area contributed by atoms with Crippen molar-refractivity contribution < 1.29 is 23.0 Å². The van der Waals surface area contributed by atoms with Gasteiger partial charge in [0.25, 0.3) is 0 Å². The molecule has 1 fully saturated rings. The van der Waals surface area contributed by atoms with E-state index in [0.717, 1.165) is 6.20 Å². The van der Waals surface area contributed by atoms with Crippen molar-refractivity contribution in [3.63, 3.8) is 0 Å². The van der Waals surface area contributed by atoms with Gasteiger partial charge in [0, 0.05) is 24.9 Å². The average Bonchev–Trinajstić information content (AvgIpc) is 3.51. The van der Waals surface area contributed by atoms with Crippen molar-refractivity contribution in [1.29, 1.82) is 0 Å². The summed E-state index contributed by atoms with van der Waals surface area (Å²) in [5, 5.41) is 2.72. The number of rotatable bonds is 8. The summed E-state index contributed by atoms with van der Waals surface area (Å²) in [5.74, 6) is -0.267. The third-order valence-electron chi connectivity index (χ3n) is 5.91. The maximum Gasteiger partial charge on any atom is 0.229 e. The van der Waals surface area contributed by atoms with Gasteiger partial charge < -0.3 is 14.8 Å². The number of halogens is 2. The number of carbonyl (C=O) groups is 1. The molecule has 0 aromatic carbocycles. The van der Waals surface area contributed by atoms with Crippen molar-refractivity contribution in [3.05, 3.63) is 65.9 Å². The van der Waals surface area contributed by atoms with Gasteiger partial charge in [-0.2, -0.15) is 0 Å². The maximum absolute atomic E-state index is 14.1. The van der Waals surface area contributed by atoms with Gasteiger partial charge in [-0.1, -0.05) is 12.2 Å². The van der Waals surface area contributed by atoms with E-state index in [0.29, 0.717) is 23.7 Å². The molecule has 2 aromatic rings. The number of ether oxygens (including phenoxy) is 2. The number of pyridine rings is 1. The Bertz CT molecular complexity index is 1060. The smallest absolute Gasteiger partial charge is 0.229 e. The molecular formula is C23H24F2N4O3. The van der Waals surface area contributed by atoms with Crippen LogP contribution in [-0.4, -0.2) is 34.6 Å². The molecule has 1 unspecified atom stereocenters. The highest BCUT2D eigenvalue weighted by atomic mass is 19.1. The number of methoxy groups -OCH3 is 1. The zero-order valence-corrected chi connectivity index (χ0v) is 17.8. The molecule has 0 bridgehead atoms. The summed E-state index contributed by atoms with van der Waals surface area (Å²) in [6, 6.07) is 2.63. The van der Waals surface area contributed by atoms with E-state index >= 15 is 0 Å². The predicted octanol–water partition coefficient (Wildman–Crippen LogP) is 3.92. The molecule has 0 saturated heterocycles. The van der Waals surface area contributed by atoms with Gasteiger partial charge >= 0.3 is 0 Å². The first kappa shape index (κ1) is 22.0. The Morgan fingerprint density at radius 2 is 2.12 bits per heavy atom. The van der Waals surface area contributed by atoms with E-state index in [1.807, 2.05) is 6.08 Å². The number of aryl methyl sites for hydroxylation is 1.